The third-order valence-electron chi connectivity index (χ3n) is 8.42. The second kappa shape index (κ2) is 13.2. The highest BCUT2D eigenvalue weighted by Crippen LogP contribution is 2.64. The van der Waals surface area contributed by atoms with Crippen LogP contribution in [-0.4, -0.2) is 23.5 Å². The Bertz CT molecular complexity index is 1740. The molecule has 5 rings (SSSR count). The minimum absolute atomic E-state index is 0.0237. The van der Waals surface area contributed by atoms with Crippen molar-refractivity contribution in [3.05, 3.63) is 138 Å². The molecule has 1 aliphatic rings. The first-order valence-corrected chi connectivity index (χ1v) is 16.3. The molecule has 224 valence electrons. The number of rotatable bonds is 7. The summed E-state index contributed by atoms with van der Waals surface area (Å²) in [5.41, 5.74) is -1.89. The molecule has 9 heteroatoms. The van der Waals surface area contributed by atoms with E-state index in [9.17, 15) is 20.0 Å². The average molecular weight is 756 g/mol. The van der Waals surface area contributed by atoms with Crippen LogP contribution in [0.4, 0.5) is 0 Å². The molecule has 1 saturated carbocycles. The largest absolute Gasteiger partial charge is 0.465 e. The maximum absolute atomic E-state index is 14.8. The molecule has 5 nitrogen and oxygen atoms in total. The number of halogens is 4. The standard InChI is InChI=1S/C35H27Br2Cl2NO4/c1-2-44-33(42)34(20-40)29(22-5-3-7-25(36)17-22)19-35(43,24-11-15-28(39)16-12-24)31(30(34)23-6-4-8-26(37)18-23)32(41)21-9-13-27(38)14-10-21/h3-18,29-31,43H,2,19H2,1H3/t29-,30+,31+,34+,35-/m0/s1. The van der Waals surface area contributed by atoms with Gasteiger partial charge >= 0.3 is 5.97 Å². The Morgan fingerprint density at radius 2 is 1.45 bits per heavy atom. The van der Waals surface area contributed by atoms with Gasteiger partial charge in [0.05, 0.1) is 18.6 Å². The smallest absolute Gasteiger partial charge is 0.327 e. The van der Waals surface area contributed by atoms with Gasteiger partial charge in [-0.3, -0.25) is 9.59 Å². The first-order chi connectivity index (χ1) is 21.0. The van der Waals surface area contributed by atoms with Gasteiger partial charge in [-0.25, -0.2) is 0 Å². The van der Waals surface area contributed by atoms with Crippen LogP contribution in [0, 0.1) is 22.7 Å². The number of hydrogen-bond acceptors (Lipinski definition) is 5. The van der Waals surface area contributed by atoms with E-state index in [4.69, 9.17) is 27.9 Å². The van der Waals surface area contributed by atoms with Crippen LogP contribution in [0.2, 0.25) is 10.0 Å². The van der Waals surface area contributed by atoms with E-state index in [2.05, 4.69) is 37.9 Å². The Labute approximate surface area is 283 Å². The molecule has 0 amide bonds. The van der Waals surface area contributed by atoms with E-state index in [0.29, 0.717) is 31.2 Å². The number of carbonyl (C=O) groups excluding carboxylic acids is 2. The first-order valence-electron chi connectivity index (χ1n) is 13.9. The van der Waals surface area contributed by atoms with Gasteiger partial charge in [-0.1, -0.05) is 91.5 Å². The SMILES string of the molecule is CCOC(=O)[C@@]1(C#N)[C@H](c2cccc(Br)c2)[C@H](C(=O)c2ccc(Cl)cc2)[C@@](O)(c2ccc(Cl)cc2)C[C@H]1c1cccc(Br)c1. The molecule has 0 spiro atoms. The summed E-state index contributed by atoms with van der Waals surface area (Å²) in [5.74, 6) is -4.54. The highest BCUT2D eigenvalue weighted by molar-refractivity contribution is 9.10. The van der Waals surface area contributed by atoms with Crippen molar-refractivity contribution >= 4 is 66.8 Å². The molecular weight excluding hydrogens is 729 g/mol. The second-order valence-corrected chi connectivity index (χ2v) is 13.5. The zero-order chi connectivity index (χ0) is 31.6. The molecule has 44 heavy (non-hydrogen) atoms. The minimum atomic E-state index is -1.91. The van der Waals surface area contributed by atoms with E-state index in [1.807, 2.05) is 30.3 Å². The maximum Gasteiger partial charge on any atom is 0.327 e. The summed E-state index contributed by atoms with van der Waals surface area (Å²) in [5, 5.41) is 25.2. The molecule has 5 atom stereocenters. The van der Waals surface area contributed by atoms with Crippen molar-refractivity contribution in [3.63, 3.8) is 0 Å². The van der Waals surface area contributed by atoms with Gasteiger partial charge in [-0.15, -0.1) is 0 Å². The number of Topliss-reactive ketones (excluding diaryl/α,β-unsaturated/α-hetero) is 1. The highest BCUT2D eigenvalue weighted by Gasteiger charge is 2.67. The lowest BCUT2D eigenvalue weighted by atomic mass is 9.47. The maximum atomic E-state index is 14.8. The highest BCUT2D eigenvalue weighted by atomic mass is 79.9. The van der Waals surface area contributed by atoms with Crippen LogP contribution < -0.4 is 0 Å². The van der Waals surface area contributed by atoms with Crippen molar-refractivity contribution in [1.29, 1.82) is 5.26 Å². The number of benzene rings is 4. The number of esters is 1. The van der Waals surface area contributed by atoms with Gasteiger partial charge in [0.2, 0.25) is 0 Å². The fourth-order valence-corrected chi connectivity index (χ4v) is 7.61. The average Bonchev–Trinajstić information content (AvgIpc) is 3.01. The Kier molecular flexibility index (Phi) is 9.69. The van der Waals surface area contributed by atoms with Gasteiger partial charge in [0.15, 0.2) is 11.2 Å². The number of aliphatic hydroxyl groups is 1. The van der Waals surface area contributed by atoms with Crippen LogP contribution in [0.25, 0.3) is 0 Å². The molecule has 0 saturated heterocycles. The molecule has 4 aromatic carbocycles. The van der Waals surface area contributed by atoms with E-state index in [1.165, 1.54) is 0 Å². The second-order valence-electron chi connectivity index (χ2n) is 10.8. The Hall–Kier alpha value is -2.99. The predicted octanol–water partition coefficient (Wildman–Crippen LogP) is 9.25. The van der Waals surface area contributed by atoms with E-state index < -0.39 is 40.5 Å². The normalized spacial score (nSPS) is 24.7. The number of carbonyl (C=O) groups is 2. The molecule has 0 radical (unpaired) electrons. The quantitative estimate of drug-likeness (QED) is 0.150. The van der Waals surface area contributed by atoms with Crippen molar-refractivity contribution in [2.75, 3.05) is 6.61 Å². The number of ketones is 1. The van der Waals surface area contributed by atoms with Crippen LogP contribution >= 0.6 is 55.1 Å². The molecule has 1 fully saturated rings. The Morgan fingerprint density at radius 1 is 0.909 bits per heavy atom. The van der Waals surface area contributed by atoms with Crippen molar-refractivity contribution < 1.29 is 19.4 Å². The summed E-state index contributed by atoms with van der Waals surface area (Å²) in [4.78, 5) is 29.1. The lowest BCUT2D eigenvalue weighted by Gasteiger charge is -2.54. The van der Waals surface area contributed by atoms with E-state index in [-0.39, 0.29) is 18.6 Å². The molecule has 0 heterocycles. The van der Waals surface area contributed by atoms with Gasteiger partial charge in [0.1, 0.15) is 5.60 Å². The zero-order valence-corrected chi connectivity index (χ0v) is 28.2. The topological polar surface area (TPSA) is 87.4 Å². The van der Waals surface area contributed by atoms with Gasteiger partial charge in [0, 0.05) is 36.4 Å². The Balaban J connectivity index is 1.91. The zero-order valence-electron chi connectivity index (χ0n) is 23.5. The number of ether oxygens (including phenoxy) is 1. The number of nitrogens with zero attached hydrogens (tertiary/aromatic N) is 1. The van der Waals surface area contributed by atoms with Gasteiger partial charge in [-0.2, -0.15) is 5.26 Å². The molecule has 4 aromatic rings. The molecule has 0 unspecified atom stereocenters. The Morgan fingerprint density at radius 3 is 2.00 bits per heavy atom. The summed E-state index contributed by atoms with van der Waals surface area (Å²) in [6, 6.07) is 29.9. The lowest BCUT2D eigenvalue weighted by molar-refractivity contribution is -0.164. The summed E-state index contributed by atoms with van der Waals surface area (Å²) in [6.45, 7) is 1.70. The molecule has 0 aliphatic heterocycles. The molecule has 0 bridgehead atoms. The van der Waals surface area contributed by atoms with Crippen molar-refractivity contribution in [3.8, 4) is 6.07 Å². The summed E-state index contributed by atoms with van der Waals surface area (Å²) in [7, 11) is 0. The predicted molar refractivity (Wildman–Crippen MR) is 178 cm³/mol. The minimum Gasteiger partial charge on any atom is -0.465 e. The van der Waals surface area contributed by atoms with Crippen LogP contribution in [0.5, 0.6) is 0 Å². The van der Waals surface area contributed by atoms with Gasteiger partial charge < -0.3 is 9.84 Å². The molecule has 1 aliphatic carbocycles. The molecule has 1 N–H and O–H groups in total. The monoisotopic (exact) mass is 753 g/mol. The van der Waals surface area contributed by atoms with Gasteiger partial charge in [0.25, 0.3) is 0 Å². The fourth-order valence-electron chi connectivity index (χ4n) is 6.52. The lowest BCUT2D eigenvalue weighted by Crippen LogP contribution is -2.59. The fraction of sp³-hybridized carbons (Fsp3) is 0.229. The van der Waals surface area contributed by atoms with E-state index >= 15 is 0 Å². The summed E-state index contributed by atoms with van der Waals surface area (Å²) >= 11 is 19.5. The molecule has 0 aromatic heterocycles. The van der Waals surface area contributed by atoms with Crippen LogP contribution in [-0.2, 0) is 15.1 Å². The van der Waals surface area contributed by atoms with Crippen molar-refractivity contribution in [2.45, 2.75) is 30.8 Å². The number of hydrogen-bond donors (Lipinski definition) is 1. The van der Waals surface area contributed by atoms with Crippen LogP contribution in [0.15, 0.2) is 106 Å². The summed E-state index contributed by atoms with van der Waals surface area (Å²) < 4.78 is 7.08. The third kappa shape index (κ3) is 5.87. The third-order valence-corrected chi connectivity index (χ3v) is 9.91. The van der Waals surface area contributed by atoms with Crippen LogP contribution in [0.1, 0.15) is 52.2 Å². The van der Waals surface area contributed by atoms with E-state index in [1.54, 1.807) is 73.7 Å². The van der Waals surface area contributed by atoms with E-state index in [0.717, 1.165) is 4.47 Å². The summed E-state index contributed by atoms with van der Waals surface area (Å²) in [6.07, 6.45) is -0.133. The van der Waals surface area contributed by atoms with Gasteiger partial charge in [-0.05, 0) is 90.7 Å². The first kappa shape index (κ1) is 32.4. The number of nitriles is 1. The molecular formula is C35H27Br2Cl2NO4. The van der Waals surface area contributed by atoms with Crippen molar-refractivity contribution in [1.82, 2.24) is 0 Å². The van der Waals surface area contributed by atoms with Crippen molar-refractivity contribution in [2.24, 2.45) is 11.3 Å². The van der Waals surface area contributed by atoms with Crippen LogP contribution in [0.3, 0.4) is 0 Å².